The molecule has 1 amide bonds. The summed E-state index contributed by atoms with van der Waals surface area (Å²) in [5.41, 5.74) is 1.02. The van der Waals surface area contributed by atoms with Gasteiger partial charge in [0.2, 0.25) is 15.9 Å². The van der Waals surface area contributed by atoms with Crippen molar-refractivity contribution in [2.24, 2.45) is 11.8 Å². The lowest BCUT2D eigenvalue weighted by molar-refractivity contribution is -0.120. The summed E-state index contributed by atoms with van der Waals surface area (Å²) < 4.78 is 31.3. The van der Waals surface area contributed by atoms with Gasteiger partial charge in [-0.2, -0.15) is 0 Å². The first-order chi connectivity index (χ1) is 17.3. The third-order valence-electron chi connectivity index (χ3n) is 6.63. The van der Waals surface area contributed by atoms with Crippen LogP contribution < -0.4 is 10.6 Å². The van der Waals surface area contributed by atoms with E-state index in [1.807, 2.05) is 6.07 Å². The van der Waals surface area contributed by atoms with Crippen LogP contribution in [0.3, 0.4) is 0 Å². The van der Waals surface area contributed by atoms with E-state index in [0.717, 1.165) is 32.6 Å². The molecule has 0 bridgehead atoms. The number of rotatable bonds is 8. The molecule has 2 N–H and O–H groups in total. The zero-order valence-corrected chi connectivity index (χ0v) is 22.5. The second-order valence-electron chi connectivity index (χ2n) is 9.10. The van der Waals surface area contributed by atoms with Crippen molar-refractivity contribution >= 4 is 50.8 Å². The van der Waals surface area contributed by atoms with Crippen molar-refractivity contribution < 1.29 is 17.9 Å². The number of carbonyl (C=O) groups is 1. The molecule has 2 aromatic heterocycles. The van der Waals surface area contributed by atoms with Gasteiger partial charge in [-0.1, -0.05) is 23.2 Å². The number of ether oxygens (including phenoxy) is 1. The van der Waals surface area contributed by atoms with Gasteiger partial charge in [-0.15, -0.1) is 0 Å². The van der Waals surface area contributed by atoms with Crippen molar-refractivity contribution in [3.05, 3.63) is 34.4 Å². The maximum absolute atomic E-state index is 13.0. The molecule has 0 aromatic carbocycles. The van der Waals surface area contributed by atoms with Crippen LogP contribution in [0.25, 0.3) is 11.3 Å². The fourth-order valence-corrected chi connectivity index (χ4v) is 6.02. The summed E-state index contributed by atoms with van der Waals surface area (Å²) in [5.74, 6) is 0.777. The van der Waals surface area contributed by atoms with E-state index in [9.17, 15) is 13.2 Å². The van der Waals surface area contributed by atoms with Gasteiger partial charge in [0, 0.05) is 44.6 Å². The summed E-state index contributed by atoms with van der Waals surface area (Å²) >= 11 is 12.9. The lowest BCUT2D eigenvalue weighted by Crippen LogP contribution is -2.44. The smallest absolute Gasteiger partial charge is 0.229 e. The van der Waals surface area contributed by atoms with E-state index < -0.39 is 15.9 Å². The van der Waals surface area contributed by atoms with Crippen LogP contribution in [0.1, 0.15) is 32.6 Å². The van der Waals surface area contributed by atoms with Gasteiger partial charge in [0.05, 0.1) is 27.4 Å². The van der Waals surface area contributed by atoms with Crippen LogP contribution in [0.4, 0.5) is 11.6 Å². The van der Waals surface area contributed by atoms with Crippen LogP contribution in [-0.2, 0) is 19.6 Å². The van der Waals surface area contributed by atoms with E-state index >= 15 is 0 Å². The van der Waals surface area contributed by atoms with E-state index in [2.05, 4.69) is 20.6 Å². The molecule has 9 nitrogen and oxygen atoms in total. The van der Waals surface area contributed by atoms with Crippen molar-refractivity contribution in [2.75, 3.05) is 49.2 Å². The number of anilines is 2. The van der Waals surface area contributed by atoms with Crippen molar-refractivity contribution in [3.63, 3.8) is 0 Å². The molecular weight excluding hydrogens is 525 g/mol. The molecule has 12 heteroatoms. The highest BCUT2D eigenvalue weighted by atomic mass is 35.5. The van der Waals surface area contributed by atoms with E-state index in [1.54, 1.807) is 19.1 Å². The molecule has 0 spiro atoms. The summed E-state index contributed by atoms with van der Waals surface area (Å²) in [6.07, 6.45) is 4.70. The van der Waals surface area contributed by atoms with Crippen molar-refractivity contribution in [1.29, 1.82) is 0 Å². The lowest BCUT2D eigenvalue weighted by atomic mass is 9.99. The minimum atomic E-state index is -3.34. The first kappa shape index (κ1) is 27.1. The Bertz CT molecular complexity index is 1190. The number of sulfonamides is 1. The Morgan fingerprint density at radius 1 is 1.17 bits per heavy atom. The van der Waals surface area contributed by atoms with Crippen LogP contribution in [0.5, 0.6) is 0 Å². The van der Waals surface area contributed by atoms with Gasteiger partial charge in [0.25, 0.3) is 0 Å². The largest absolute Gasteiger partial charge is 0.381 e. The molecule has 0 saturated carbocycles. The quantitative estimate of drug-likeness (QED) is 0.499. The number of nitrogens with one attached hydrogen (secondary N) is 2. The molecule has 2 saturated heterocycles. The molecule has 2 fully saturated rings. The van der Waals surface area contributed by atoms with Crippen LogP contribution in [0.2, 0.25) is 10.0 Å². The Morgan fingerprint density at radius 3 is 2.69 bits per heavy atom. The SMILES string of the molecule is CCS(=O)(=O)N1CCCC(C(=O)Nc2cc(-c3nc(NCC4CCOCC4)ccc3Cl)c(Cl)cn2)C1. The molecule has 196 valence electrons. The predicted octanol–water partition coefficient (Wildman–Crippen LogP) is 4.29. The average Bonchev–Trinajstić information content (AvgIpc) is 2.90. The van der Waals surface area contributed by atoms with Gasteiger partial charge < -0.3 is 15.4 Å². The second-order valence-corrected chi connectivity index (χ2v) is 12.2. The molecule has 0 aliphatic carbocycles. The van der Waals surface area contributed by atoms with Gasteiger partial charge in [0.15, 0.2) is 0 Å². The fourth-order valence-electron chi connectivity index (χ4n) is 4.44. The number of carbonyl (C=O) groups excluding carboxylic acids is 1. The Labute approximate surface area is 222 Å². The molecule has 4 rings (SSSR count). The minimum absolute atomic E-state index is 0.0141. The van der Waals surface area contributed by atoms with Gasteiger partial charge in [-0.05, 0) is 56.7 Å². The topological polar surface area (TPSA) is 114 Å². The fraction of sp³-hybridized carbons (Fsp3) is 0.542. The van der Waals surface area contributed by atoms with Crippen LogP contribution in [-0.4, -0.2) is 67.2 Å². The number of hydrogen-bond acceptors (Lipinski definition) is 7. The standard InChI is InChI=1S/C24H31Cl2N5O4S/c1-2-36(33,34)31-9-3-4-17(15-31)24(32)30-22-12-18(20(26)14-28-22)23-19(25)5-6-21(29-23)27-13-16-7-10-35-11-8-16/h5-6,12,14,16-17H,2-4,7-11,13,15H2,1H3,(H,27,29)(H,28,30,32). The van der Waals surface area contributed by atoms with Crippen LogP contribution in [0.15, 0.2) is 24.4 Å². The molecule has 2 aromatic rings. The summed E-state index contributed by atoms with van der Waals surface area (Å²) in [5, 5.41) is 6.96. The zero-order chi connectivity index (χ0) is 25.7. The molecule has 2 aliphatic rings. The van der Waals surface area contributed by atoms with Gasteiger partial charge in [0.1, 0.15) is 11.6 Å². The number of halogens is 2. The molecule has 2 aliphatic heterocycles. The van der Waals surface area contributed by atoms with Gasteiger partial charge >= 0.3 is 0 Å². The summed E-state index contributed by atoms with van der Waals surface area (Å²) in [4.78, 5) is 21.9. The maximum Gasteiger partial charge on any atom is 0.229 e. The Balaban J connectivity index is 1.48. The van der Waals surface area contributed by atoms with Crippen LogP contribution >= 0.6 is 23.2 Å². The molecule has 1 atom stereocenters. The van der Waals surface area contributed by atoms with Crippen LogP contribution in [0, 0.1) is 11.8 Å². The van der Waals surface area contributed by atoms with E-state index in [4.69, 9.17) is 27.9 Å². The first-order valence-electron chi connectivity index (χ1n) is 12.2. The number of pyridine rings is 2. The Hall–Kier alpha value is -1.98. The second kappa shape index (κ2) is 12.0. The van der Waals surface area contributed by atoms with Crippen molar-refractivity contribution in [3.8, 4) is 11.3 Å². The third-order valence-corrected chi connectivity index (χ3v) is 9.09. The Kier molecular flexibility index (Phi) is 9.05. The maximum atomic E-state index is 13.0. The molecule has 4 heterocycles. The predicted molar refractivity (Wildman–Crippen MR) is 142 cm³/mol. The summed E-state index contributed by atoms with van der Waals surface area (Å²) in [6.45, 7) is 4.55. The van der Waals surface area contributed by atoms with Crippen molar-refractivity contribution in [1.82, 2.24) is 14.3 Å². The molecule has 0 radical (unpaired) electrons. The normalized spacial score (nSPS) is 19.7. The van der Waals surface area contributed by atoms with Gasteiger partial charge in [-0.3, -0.25) is 4.79 Å². The van der Waals surface area contributed by atoms with Crippen molar-refractivity contribution in [2.45, 2.75) is 32.6 Å². The monoisotopic (exact) mass is 555 g/mol. The highest BCUT2D eigenvalue weighted by Gasteiger charge is 2.31. The highest BCUT2D eigenvalue weighted by Crippen LogP contribution is 2.34. The minimum Gasteiger partial charge on any atom is -0.381 e. The number of nitrogens with zero attached hydrogens (tertiary/aromatic N) is 3. The number of amides is 1. The third kappa shape index (κ3) is 6.66. The number of hydrogen-bond donors (Lipinski definition) is 2. The molecular formula is C24H31Cl2N5O4S. The summed E-state index contributed by atoms with van der Waals surface area (Å²) in [7, 11) is -3.34. The Morgan fingerprint density at radius 2 is 1.94 bits per heavy atom. The molecule has 1 unspecified atom stereocenters. The first-order valence-corrected chi connectivity index (χ1v) is 14.6. The average molecular weight is 557 g/mol. The molecule has 36 heavy (non-hydrogen) atoms. The number of aromatic nitrogens is 2. The lowest BCUT2D eigenvalue weighted by Gasteiger charge is -2.30. The van der Waals surface area contributed by atoms with E-state index in [0.29, 0.717) is 58.2 Å². The number of piperidine rings is 1. The van der Waals surface area contributed by atoms with E-state index in [-0.39, 0.29) is 18.2 Å². The summed E-state index contributed by atoms with van der Waals surface area (Å²) in [6, 6.07) is 5.22. The zero-order valence-electron chi connectivity index (χ0n) is 20.2. The highest BCUT2D eigenvalue weighted by molar-refractivity contribution is 7.89. The van der Waals surface area contributed by atoms with E-state index in [1.165, 1.54) is 10.5 Å². The van der Waals surface area contributed by atoms with Gasteiger partial charge in [-0.25, -0.2) is 22.7 Å².